The largest absolute Gasteiger partial charge is 0.491 e. The maximum Gasteiger partial charge on any atom is 0.146 e. The minimum Gasteiger partial charge on any atom is -0.491 e. The Kier molecular flexibility index (Phi) is 6.62. The van der Waals surface area contributed by atoms with Gasteiger partial charge in [0.15, 0.2) is 0 Å². The second-order valence-corrected chi connectivity index (χ2v) is 7.59. The van der Waals surface area contributed by atoms with Gasteiger partial charge in [-0.1, -0.05) is 54.6 Å². The number of anilines is 1. The predicted octanol–water partition coefficient (Wildman–Crippen LogP) is 4.05. The van der Waals surface area contributed by atoms with Crippen molar-refractivity contribution < 1.29 is 14.2 Å². The number of halogens is 1. The van der Waals surface area contributed by atoms with Crippen molar-refractivity contribution in [2.45, 2.75) is 6.10 Å². The molecule has 0 saturated carbocycles. The predicted molar refractivity (Wildman–Crippen MR) is 118 cm³/mol. The summed E-state index contributed by atoms with van der Waals surface area (Å²) in [4.78, 5) is 4.26. The Labute approximate surface area is 177 Å². The second kappa shape index (κ2) is 9.74. The van der Waals surface area contributed by atoms with Gasteiger partial charge in [0, 0.05) is 32.7 Å². The molecule has 3 aromatic carbocycles. The third kappa shape index (κ3) is 5.17. The summed E-state index contributed by atoms with van der Waals surface area (Å²) >= 11 is 0. The molecule has 1 heterocycles. The summed E-state index contributed by atoms with van der Waals surface area (Å²) in [5.74, 6) is 0.566. The maximum atomic E-state index is 14.0. The lowest BCUT2D eigenvalue weighted by molar-refractivity contribution is 0.0663. The van der Waals surface area contributed by atoms with E-state index in [1.54, 1.807) is 6.07 Å². The van der Waals surface area contributed by atoms with Crippen LogP contribution in [-0.4, -0.2) is 55.4 Å². The lowest BCUT2D eigenvalue weighted by Gasteiger charge is -2.36. The zero-order valence-electron chi connectivity index (χ0n) is 17.0. The van der Waals surface area contributed by atoms with Gasteiger partial charge < -0.3 is 14.7 Å². The number of aliphatic hydroxyl groups is 1. The number of benzene rings is 3. The Morgan fingerprint density at radius 3 is 2.13 bits per heavy atom. The standard InChI is InChI=1S/C25H27FN2O2/c26-24-8-4-5-9-25(24)28-16-14-27(15-17-28)18-22(29)19-30-23-12-10-21(11-13-23)20-6-2-1-3-7-20/h1-13,22,29H,14-19H2/t22-/m1/s1. The highest BCUT2D eigenvalue weighted by atomic mass is 19.1. The van der Waals surface area contributed by atoms with Gasteiger partial charge in [-0.25, -0.2) is 4.39 Å². The third-order valence-electron chi connectivity index (χ3n) is 5.44. The van der Waals surface area contributed by atoms with Crippen LogP contribution in [0.5, 0.6) is 5.75 Å². The van der Waals surface area contributed by atoms with Crippen LogP contribution >= 0.6 is 0 Å². The number of aliphatic hydroxyl groups excluding tert-OH is 1. The van der Waals surface area contributed by atoms with E-state index >= 15 is 0 Å². The highest BCUT2D eigenvalue weighted by Gasteiger charge is 2.21. The van der Waals surface area contributed by atoms with Crippen molar-refractivity contribution in [3.05, 3.63) is 84.7 Å². The minimum atomic E-state index is -0.571. The molecule has 0 spiro atoms. The first-order chi connectivity index (χ1) is 14.7. The summed E-state index contributed by atoms with van der Waals surface area (Å²) < 4.78 is 19.7. The van der Waals surface area contributed by atoms with Crippen molar-refractivity contribution in [3.8, 4) is 16.9 Å². The van der Waals surface area contributed by atoms with Crippen LogP contribution in [0, 0.1) is 5.82 Å². The van der Waals surface area contributed by atoms with Crippen LogP contribution in [0.15, 0.2) is 78.9 Å². The van der Waals surface area contributed by atoms with Crippen molar-refractivity contribution >= 4 is 5.69 Å². The molecule has 1 aliphatic rings. The number of hydrogen-bond acceptors (Lipinski definition) is 4. The molecule has 0 unspecified atom stereocenters. The summed E-state index contributed by atoms with van der Waals surface area (Å²) in [6.07, 6.45) is -0.571. The van der Waals surface area contributed by atoms with E-state index in [0.29, 0.717) is 12.2 Å². The molecule has 1 aliphatic heterocycles. The molecule has 1 fully saturated rings. The van der Waals surface area contributed by atoms with Gasteiger partial charge in [-0.2, -0.15) is 0 Å². The molecule has 0 aromatic heterocycles. The highest BCUT2D eigenvalue weighted by Crippen LogP contribution is 2.22. The van der Waals surface area contributed by atoms with Gasteiger partial charge in [-0.05, 0) is 35.4 Å². The van der Waals surface area contributed by atoms with E-state index in [4.69, 9.17) is 4.74 Å². The molecule has 0 bridgehead atoms. The fourth-order valence-corrected chi connectivity index (χ4v) is 3.80. The average molecular weight is 407 g/mol. The molecule has 0 radical (unpaired) electrons. The quantitative estimate of drug-likeness (QED) is 0.642. The van der Waals surface area contributed by atoms with Crippen molar-refractivity contribution in [1.29, 1.82) is 0 Å². The Hall–Kier alpha value is -2.89. The Bertz CT molecular complexity index is 925. The summed E-state index contributed by atoms with van der Waals surface area (Å²) in [6, 6.07) is 25.0. The first-order valence-electron chi connectivity index (χ1n) is 10.4. The first-order valence-corrected chi connectivity index (χ1v) is 10.4. The minimum absolute atomic E-state index is 0.183. The van der Waals surface area contributed by atoms with Crippen molar-refractivity contribution in [2.75, 3.05) is 44.2 Å². The van der Waals surface area contributed by atoms with Gasteiger partial charge in [0.05, 0.1) is 5.69 Å². The van der Waals surface area contributed by atoms with Gasteiger partial charge in [0.25, 0.3) is 0 Å². The molecule has 4 nitrogen and oxygen atoms in total. The lowest BCUT2D eigenvalue weighted by Crippen LogP contribution is -2.49. The molecule has 156 valence electrons. The van der Waals surface area contributed by atoms with E-state index < -0.39 is 6.10 Å². The first kappa shape index (κ1) is 20.4. The van der Waals surface area contributed by atoms with E-state index in [9.17, 15) is 9.50 Å². The molecular weight excluding hydrogens is 379 g/mol. The smallest absolute Gasteiger partial charge is 0.146 e. The Morgan fingerprint density at radius 1 is 0.800 bits per heavy atom. The van der Waals surface area contributed by atoms with Gasteiger partial charge in [0.2, 0.25) is 0 Å². The Balaban J connectivity index is 1.22. The lowest BCUT2D eigenvalue weighted by atomic mass is 10.1. The molecule has 1 N–H and O–H groups in total. The molecule has 3 aromatic rings. The van der Waals surface area contributed by atoms with Crippen molar-refractivity contribution in [1.82, 2.24) is 4.90 Å². The Morgan fingerprint density at radius 2 is 1.43 bits per heavy atom. The molecule has 5 heteroatoms. The normalized spacial score (nSPS) is 15.7. The fraction of sp³-hybridized carbons (Fsp3) is 0.280. The maximum absolute atomic E-state index is 14.0. The third-order valence-corrected chi connectivity index (χ3v) is 5.44. The van der Waals surface area contributed by atoms with Gasteiger partial charge in [-0.3, -0.25) is 4.90 Å². The van der Waals surface area contributed by atoms with Crippen LogP contribution < -0.4 is 9.64 Å². The monoisotopic (exact) mass is 406 g/mol. The van der Waals surface area contributed by atoms with E-state index in [2.05, 4.69) is 21.9 Å². The molecule has 4 rings (SSSR count). The molecule has 1 atom stereocenters. The fourth-order valence-electron chi connectivity index (χ4n) is 3.80. The number of piperazine rings is 1. The van der Waals surface area contributed by atoms with Crippen LogP contribution in [0.25, 0.3) is 11.1 Å². The summed E-state index contributed by atoms with van der Waals surface area (Å²) in [5.41, 5.74) is 2.95. The van der Waals surface area contributed by atoms with Crippen LogP contribution in [-0.2, 0) is 0 Å². The highest BCUT2D eigenvalue weighted by molar-refractivity contribution is 5.63. The number of nitrogens with zero attached hydrogens (tertiary/aromatic N) is 2. The topological polar surface area (TPSA) is 35.9 Å². The van der Waals surface area contributed by atoms with Gasteiger partial charge in [-0.15, -0.1) is 0 Å². The van der Waals surface area contributed by atoms with Gasteiger partial charge in [0.1, 0.15) is 24.3 Å². The van der Waals surface area contributed by atoms with E-state index in [-0.39, 0.29) is 12.4 Å². The van der Waals surface area contributed by atoms with Gasteiger partial charge >= 0.3 is 0 Å². The SMILES string of the molecule is O[C@@H](COc1ccc(-c2ccccc2)cc1)CN1CCN(c2ccccc2F)CC1. The second-order valence-electron chi connectivity index (χ2n) is 7.59. The number of para-hydroxylation sites is 1. The van der Waals surface area contributed by atoms with Crippen molar-refractivity contribution in [2.24, 2.45) is 0 Å². The number of rotatable bonds is 7. The van der Waals surface area contributed by atoms with Crippen LogP contribution in [0.4, 0.5) is 10.1 Å². The van der Waals surface area contributed by atoms with Crippen LogP contribution in [0.1, 0.15) is 0 Å². The van der Waals surface area contributed by atoms with Crippen molar-refractivity contribution in [3.63, 3.8) is 0 Å². The van der Waals surface area contributed by atoms with E-state index in [0.717, 1.165) is 37.5 Å². The summed E-state index contributed by atoms with van der Waals surface area (Å²) in [7, 11) is 0. The van der Waals surface area contributed by atoms with Crippen LogP contribution in [0.2, 0.25) is 0 Å². The number of hydrogen-bond donors (Lipinski definition) is 1. The molecule has 1 saturated heterocycles. The van der Waals surface area contributed by atoms with E-state index in [1.807, 2.05) is 54.6 Å². The van der Waals surface area contributed by atoms with E-state index in [1.165, 1.54) is 11.6 Å². The molecule has 0 amide bonds. The molecule has 0 aliphatic carbocycles. The molecule has 30 heavy (non-hydrogen) atoms. The van der Waals surface area contributed by atoms with Crippen LogP contribution in [0.3, 0.4) is 0 Å². The zero-order valence-corrected chi connectivity index (χ0v) is 17.0. The number of β-amino-alcohol motifs (C(OH)–C–C–N with tert-alkyl or cyclic N) is 1. The summed E-state index contributed by atoms with van der Waals surface area (Å²) in [6.45, 7) is 3.87. The average Bonchev–Trinajstić information content (AvgIpc) is 2.80. The number of ether oxygens (including phenoxy) is 1. The summed E-state index contributed by atoms with van der Waals surface area (Å²) in [5, 5.41) is 10.4. The zero-order chi connectivity index (χ0) is 20.8. The molecular formula is C25H27FN2O2.